The number of hydrogen-bond acceptors (Lipinski definition) is 29. The lowest BCUT2D eigenvalue weighted by molar-refractivity contribution is -0.143. The summed E-state index contributed by atoms with van der Waals surface area (Å²) >= 11 is 1.37. The molecule has 0 heterocycles. The van der Waals surface area contributed by atoms with Crippen LogP contribution in [0.3, 0.4) is 0 Å². The molecule has 688 valence electrons. The van der Waals surface area contributed by atoms with Gasteiger partial charge >= 0.3 is 11.9 Å². The van der Waals surface area contributed by atoms with Crippen LogP contribution in [0.4, 0.5) is 0 Å². The molecular weight excluding hydrogens is 1590 g/mol. The maximum Gasteiger partial charge on any atom is 0.326 e. The summed E-state index contributed by atoms with van der Waals surface area (Å²) in [5.41, 5.74) is 7.45. The van der Waals surface area contributed by atoms with E-state index in [4.69, 9.17) is 74.3 Å². The Morgan fingerprint density at radius 3 is 0.950 bits per heavy atom. The van der Waals surface area contributed by atoms with E-state index in [1.54, 1.807) is 0 Å². The second-order valence-electron chi connectivity index (χ2n) is 27.2. The van der Waals surface area contributed by atoms with Crippen LogP contribution < -0.4 is 75.4 Å². The van der Waals surface area contributed by atoms with Crippen molar-refractivity contribution in [3.63, 3.8) is 0 Å². The first kappa shape index (κ1) is 111. The van der Waals surface area contributed by atoms with Gasteiger partial charge in [-0.1, -0.05) is 128 Å². The molecule has 0 saturated heterocycles. The Labute approximate surface area is 703 Å². The highest BCUT2D eigenvalue weighted by atomic mass is 32.2. The number of ether oxygens (including phenoxy) is 12. The van der Waals surface area contributed by atoms with Gasteiger partial charge in [-0.15, -0.1) is 0 Å². The van der Waals surface area contributed by atoms with Crippen molar-refractivity contribution in [2.24, 2.45) is 22.5 Å². The van der Waals surface area contributed by atoms with Crippen LogP contribution in [0, 0.1) is 0 Å². The number of nitrogens with zero attached hydrogens (tertiary/aromatic N) is 1. The number of carboxylic acids is 2. The second-order valence-corrected chi connectivity index (χ2v) is 28.1. The maximum atomic E-state index is 12.7. The average molecular weight is 1730 g/mol. The number of nitrogens with one attached hydrogen (secondary N) is 11. The Morgan fingerprint density at radius 2 is 0.580 bits per heavy atom. The van der Waals surface area contributed by atoms with Crippen LogP contribution in [0.2, 0.25) is 0 Å². The lowest BCUT2D eigenvalue weighted by atomic mass is 10.0. The molecule has 19 N–H and O–H groups in total. The Kier molecular flexibility index (Phi) is 78.4. The topological polar surface area (TPSA) is 596 Å². The summed E-state index contributed by atoms with van der Waals surface area (Å²) in [6, 6.07) is -2.82. The summed E-state index contributed by atoms with van der Waals surface area (Å²) < 4.78 is 65.8. The molecule has 0 aliphatic heterocycles. The molecule has 11 amide bonds. The first-order valence-corrected chi connectivity index (χ1v) is 42.5. The smallest absolute Gasteiger partial charge is 0.326 e. The number of amidine groups is 1. The van der Waals surface area contributed by atoms with E-state index in [-0.39, 0.29) is 228 Å². The van der Waals surface area contributed by atoms with Crippen molar-refractivity contribution in [2.75, 3.05) is 191 Å². The molecule has 0 bridgehead atoms. The fourth-order valence-corrected chi connectivity index (χ4v) is 11.2. The van der Waals surface area contributed by atoms with E-state index >= 15 is 0 Å². The van der Waals surface area contributed by atoms with Gasteiger partial charge in [0.2, 0.25) is 65.0 Å². The van der Waals surface area contributed by atoms with Gasteiger partial charge in [-0.2, -0.15) is 5.10 Å². The minimum absolute atomic E-state index is 0.00703. The minimum Gasteiger partial charge on any atom is -0.480 e. The molecular formula is C76H141N15O27S. The van der Waals surface area contributed by atoms with Crippen molar-refractivity contribution in [1.82, 2.24) is 58.0 Å². The molecule has 0 fully saturated rings. The van der Waals surface area contributed by atoms with Gasteiger partial charge in [0.25, 0.3) is 0 Å². The zero-order valence-corrected chi connectivity index (χ0v) is 70.6. The fraction of sp³-hybridized carbons (Fsp3) is 0.816. The molecule has 42 nitrogen and oxygen atoms in total. The second kappa shape index (κ2) is 83.8. The van der Waals surface area contributed by atoms with Gasteiger partial charge in [0.05, 0.1) is 99.1 Å². The van der Waals surface area contributed by atoms with Crippen LogP contribution in [0.15, 0.2) is 5.10 Å². The van der Waals surface area contributed by atoms with Crippen LogP contribution in [-0.4, -0.2) is 296 Å². The van der Waals surface area contributed by atoms with Crippen molar-refractivity contribution >= 4 is 94.7 Å². The predicted octanol–water partition coefficient (Wildman–Crippen LogP) is 0.0886. The van der Waals surface area contributed by atoms with Crippen LogP contribution in [0.1, 0.15) is 199 Å². The Morgan fingerprint density at radius 1 is 0.294 bits per heavy atom. The third-order valence-corrected chi connectivity index (χ3v) is 17.8. The number of rotatable bonds is 88. The van der Waals surface area contributed by atoms with E-state index in [0.29, 0.717) is 43.8 Å². The maximum absolute atomic E-state index is 12.7. The van der Waals surface area contributed by atoms with Gasteiger partial charge in [0, 0.05) is 70.5 Å². The van der Waals surface area contributed by atoms with Crippen LogP contribution >= 0.6 is 11.9 Å². The molecule has 1 unspecified atom stereocenters. The van der Waals surface area contributed by atoms with Crippen molar-refractivity contribution < 1.29 is 129 Å². The van der Waals surface area contributed by atoms with Gasteiger partial charge in [-0.25, -0.2) is 15.4 Å². The number of carboxylic acid groups (broad SMARTS) is 2. The third kappa shape index (κ3) is 81.0. The molecule has 0 aliphatic rings. The number of nitrogens with two attached hydrogens (primary N) is 3. The molecule has 0 aromatic heterocycles. The lowest BCUT2D eigenvalue weighted by Gasteiger charge is -2.17. The summed E-state index contributed by atoms with van der Waals surface area (Å²) in [7, 11) is 0. The van der Waals surface area contributed by atoms with E-state index in [1.165, 1.54) is 63.3 Å². The van der Waals surface area contributed by atoms with Crippen LogP contribution in [0.25, 0.3) is 0 Å². The Bertz CT molecular complexity index is 2730. The summed E-state index contributed by atoms with van der Waals surface area (Å²) in [5, 5.41) is 46.0. The number of hydrazone groups is 1. The fourth-order valence-electron chi connectivity index (χ4n) is 10.5. The highest BCUT2D eigenvalue weighted by Gasteiger charge is 2.25. The SMILES string of the molecule is N/N=C(/CCCCCCCCCCCCCCCC(=O)NSCCCC(=O)NCCCCCCCCCCCC(=O)N[C@@H](CCC(=O)NC(CCC(=O)NCOCCOCC(=O)NCCOCCOCC(=O)NCCOCCOCC(=O)NCCOCCOCC(=O)NCOCCOCC(=O)NCOCCOCC(N)=O)C(=O)O)C(=O)O)NN. The molecule has 119 heavy (non-hydrogen) atoms. The number of amides is 11. The normalized spacial score (nSPS) is 11.7. The van der Waals surface area contributed by atoms with E-state index in [0.717, 1.165) is 89.9 Å². The van der Waals surface area contributed by atoms with E-state index in [2.05, 4.69) is 63.1 Å². The summed E-state index contributed by atoms with van der Waals surface area (Å²) in [5.74, 6) is 4.88. The van der Waals surface area contributed by atoms with Gasteiger partial charge < -0.3 is 137 Å². The third-order valence-electron chi connectivity index (χ3n) is 16.9. The zero-order chi connectivity index (χ0) is 87.3. The lowest BCUT2D eigenvalue weighted by Crippen LogP contribution is -2.44. The van der Waals surface area contributed by atoms with Gasteiger partial charge in [-0.3, -0.25) is 52.7 Å². The highest BCUT2D eigenvalue weighted by molar-refractivity contribution is 7.97. The first-order valence-electron chi connectivity index (χ1n) is 41.5. The molecule has 0 aromatic rings. The first-order chi connectivity index (χ1) is 57.7. The molecule has 0 radical (unpaired) electrons. The van der Waals surface area contributed by atoms with Gasteiger partial charge in [0.15, 0.2) is 0 Å². The zero-order valence-electron chi connectivity index (χ0n) is 69.8. The summed E-state index contributed by atoms with van der Waals surface area (Å²) in [6.45, 7) is 1.56. The molecule has 0 spiro atoms. The molecule has 0 saturated carbocycles. The van der Waals surface area contributed by atoms with E-state index < -0.39 is 71.8 Å². The number of hydrogen-bond donors (Lipinski definition) is 16. The van der Waals surface area contributed by atoms with Crippen molar-refractivity contribution in [3.05, 3.63) is 0 Å². The minimum atomic E-state index is -1.45. The largest absolute Gasteiger partial charge is 0.480 e. The van der Waals surface area contributed by atoms with Crippen molar-refractivity contribution in [3.8, 4) is 0 Å². The van der Waals surface area contributed by atoms with Crippen molar-refractivity contribution in [2.45, 2.75) is 211 Å². The number of carbonyl (C=O) groups excluding carboxylic acids is 11. The summed E-state index contributed by atoms with van der Waals surface area (Å²) in [4.78, 5) is 156. The Hall–Kier alpha value is -7.79. The molecule has 0 aromatic carbocycles. The van der Waals surface area contributed by atoms with Gasteiger partial charge in [0.1, 0.15) is 77.8 Å². The number of unbranched alkanes of at least 4 members (excludes halogenated alkanes) is 20. The molecule has 2 atom stereocenters. The monoisotopic (exact) mass is 1730 g/mol. The molecule has 0 rings (SSSR count). The van der Waals surface area contributed by atoms with Crippen LogP contribution in [-0.2, 0) is 119 Å². The Balaban J connectivity index is 3.75. The predicted molar refractivity (Wildman–Crippen MR) is 437 cm³/mol. The summed E-state index contributed by atoms with van der Waals surface area (Å²) in [6.07, 6.45) is 25.0. The van der Waals surface area contributed by atoms with E-state index in [9.17, 15) is 72.5 Å². The highest BCUT2D eigenvalue weighted by Crippen LogP contribution is 2.15. The molecule has 0 aliphatic carbocycles. The number of primary amides is 1. The quantitative estimate of drug-likeness (QED) is 0.00730. The number of aliphatic carboxylic acids is 2. The number of hydrazine groups is 1. The molecule has 43 heteroatoms. The van der Waals surface area contributed by atoms with Gasteiger partial charge in [-0.05, 0) is 44.9 Å². The van der Waals surface area contributed by atoms with Crippen LogP contribution in [0.5, 0.6) is 0 Å². The van der Waals surface area contributed by atoms with Crippen molar-refractivity contribution in [1.29, 1.82) is 0 Å². The van der Waals surface area contributed by atoms with E-state index in [1.807, 2.05) is 0 Å². The average Bonchev–Trinajstić information content (AvgIpc) is 0.936. The standard InChI is InChI=1S/C76H141N15O27S/c77-63(92)52-110-45-48-117-59-85-74(102)57-115-47-50-118-60-86-73(101)56-113-44-41-109-38-34-82-71(99)54-111-42-39-107-36-33-81-70(98)53-112-43-40-108-37-35-83-72(100)55-114-46-49-116-58-84-66(94)30-28-61(75(103)104)88-68(96)31-29-62(76(105)106)87-67(95)25-20-16-12-9-6-10-14-18-22-32-80-65(93)27-23-51-119-91-69(97)26-21-17-13-8-5-3-1-2-4-7-11-15-19-24-64(89-78)90-79/h61-62H,1-60,78-79H2,(H2,77,92)(H,80,93)(H,81,98)(H,82,99)(H,83,100)(H,84,94)(H,85,102)(H,86,101)(H,87,95)(H,88,96)(H,89,90)(H,91,97)(H,103,104)(H,105,106)/t61?,62-/m0/s1. The number of carbonyl (C=O) groups is 13.